The van der Waals surface area contributed by atoms with Crippen molar-refractivity contribution < 1.29 is 38.6 Å². The summed E-state index contributed by atoms with van der Waals surface area (Å²) in [5.41, 5.74) is 0.403. The van der Waals surface area contributed by atoms with Crippen molar-refractivity contribution in [1.29, 1.82) is 0 Å². The molecule has 2 rings (SSSR count). The molecule has 0 heterocycles. The summed E-state index contributed by atoms with van der Waals surface area (Å²) in [4.78, 5) is 24.9. The first-order chi connectivity index (χ1) is 23.3. The minimum Gasteiger partial charge on any atom is -0.612 e. The number of hydrogen-bond donors (Lipinski definition) is 2. The fraction of sp³-hybridized carbons (Fsp3) is 0.632. The van der Waals surface area contributed by atoms with E-state index in [0.29, 0.717) is 54.1 Å². The van der Waals surface area contributed by atoms with Gasteiger partial charge in [0, 0.05) is 36.4 Å². The molecule has 0 aliphatic carbocycles. The molecule has 0 amide bonds. The molecule has 1 unspecified atom stereocenters. The Bertz CT molecular complexity index is 1150. The number of rotatable bonds is 30. The molecular formula is C38H59NO8S. The van der Waals surface area contributed by atoms with Crippen LogP contribution in [0.15, 0.2) is 47.4 Å². The second-order valence-corrected chi connectivity index (χ2v) is 13.8. The summed E-state index contributed by atoms with van der Waals surface area (Å²) in [5, 5.41) is 18.8. The van der Waals surface area contributed by atoms with E-state index in [0.717, 1.165) is 12.8 Å². The van der Waals surface area contributed by atoms with E-state index in [1.807, 2.05) is 6.07 Å². The van der Waals surface area contributed by atoms with Crippen molar-refractivity contribution in [3.63, 3.8) is 0 Å². The monoisotopic (exact) mass is 689 g/mol. The number of nitrogens with zero attached hydrogens (tertiary/aromatic N) is 1. The second-order valence-electron chi connectivity index (χ2n) is 12.4. The average Bonchev–Trinajstić information content (AvgIpc) is 3.05. The number of ether oxygens (including phenoxy) is 3. The van der Waals surface area contributed by atoms with Gasteiger partial charge in [-0.1, -0.05) is 109 Å². The fourth-order valence-corrected chi connectivity index (χ4v) is 6.05. The molecular weight excluding hydrogens is 630 g/mol. The van der Waals surface area contributed by atoms with Crippen molar-refractivity contribution in [3.8, 4) is 17.2 Å². The van der Waals surface area contributed by atoms with Crippen LogP contribution in [0.2, 0.25) is 0 Å². The van der Waals surface area contributed by atoms with E-state index in [2.05, 4.69) is 6.92 Å². The van der Waals surface area contributed by atoms with Gasteiger partial charge in [0.05, 0.1) is 19.8 Å². The van der Waals surface area contributed by atoms with Gasteiger partial charge in [0.25, 0.3) is 0 Å². The predicted molar refractivity (Wildman–Crippen MR) is 193 cm³/mol. The number of carbonyl (C=O) groups is 2. The molecule has 0 saturated carbocycles. The van der Waals surface area contributed by atoms with Gasteiger partial charge in [-0.3, -0.25) is 9.59 Å². The molecule has 2 aromatic carbocycles. The molecule has 9 nitrogen and oxygen atoms in total. The largest absolute Gasteiger partial charge is 0.612 e. The molecule has 0 aliphatic rings. The zero-order valence-electron chi connectivity index (χ0n) is 29.3. The maximum Gasteiger partial charge on any atom is 0.323 e. The van der Waals surface area contributed by atoms with E-state index < -0.39 is 36.2 Å². The summed E-state index contributed by atoms with van der Waals surface area (Å²) in [5.74, 6) is -0.673. The summed E-state index contributed by atoms with van der Waals surface area (Å²) in [6, 6.07) is 12.2. The number of hydrogen-bond acceptors (Lipinski definition) is 7. The van der Waals surface area contributed by atoms with Gasteiger partial charge < -0.3 is 33.9 Å². The Balaban J connectivity index is 1.75. The van der Waals surface area contributed by atoms with E-state index in [4.69, 9.17) is 14.2 Å². The first-order valence-corrected chi connectivity index (χ1v) is 19.5. The Hall–Kier alpha value is -3.11. The van der Waals surface area contributed by atoms with Gasteiger partial charge in [-0.15, -0.1) is 0 Å². The van der Waals surface area contributed by atoms with Crippen molar-refractivity contribution in [2.75, 3.05) is 44.1 Å². The zero-order valence-corrected chi connectivity index (χ0v) is 30.1. The highest BCUT2D eigenvalue weighted by atomic mass is 32.2. The highest BCUT2D eigenvalue weighted by Crippen LogP contribution is 2.29. The van der Waals surface area contributed by atoms with Crippen molar-refractivity contribution in [2.45, 2.75) is 121 Å². The van der Waals surface area contributed by atoms with Crippen LogP contribution < -0.4 is 19.1 Å². The lowest BCUT2D eigenvalue weighted by Gasteiger charge is -2.22. The third-order valence-electron chi connectivity index (χ3n) is 8.11. The number of aliphatic carboxylic acids is 2. The smallest absolute Gasteiger partial charge is 0.323 e. The van der Waals surface area contributed by atoms with Gasteiger partial charge in [-0.05, 0) is 29.7 Å². The Morgan fingerprint density at radius 1 is 0.625 bits per heavy atom. The topological polar surface area (TPSA) is 129 Å². The second kappa shape index (κ2) is 25.8. The number of carboxylic acid groups (broad SMARTS) is 2. The Morgan fingerprint density at radius 2 is 1.06 bits per heavy atom. The molecule has 2 N–H and O–H groups in total. The lowest BCUT2D eigenvalue weighted by molar-refractivity contribution is -0.136. The average molecular weight is 690 g/mol. The van der Waals surface area contributed by atoms with Crippen LogP contribution in [0.3, 0.4) is 0 Å². The molecule has 10 heteroatoms. The molecule has 0 spiro atoms. The van der Waals surface area contributed by atoms with Crippen LogP contribution in [0.4, 0.5) is 5.69 Å². The molecule has 0 bridgehead atoms. The SMILES string of the molecule is CCCCCCCCCCCCCCCCCCOc1cc(OCCCOc2cccc([S+](C)[O-])c2)cc(N(CC(=O)O)CC(=O)O)c1. The summed E-state index contributed by atoms with van der Waals surface area (Å²) >= 11 is -1.09. The zero-order chi connectivity index (χ0) is 34.8. The van der Waals surface area contributed by atoms with Crippen molar-refractivity contribution in [3.05, 3.63) is 42.5 Å². The molecule has 0 saturated heterocycles. The highest BCUT2D eigenvalue weighted by Gasteiger charge is 2.17. The molecule has 270 valence electrons. The maximum absolute atomic E-state index is 11.7. The number of benzene rings is 2. The van der Waals surface area contributed by atoms with Crippen LogP contribution in [0.1, 0.15) is 116 Å². The van der Waals surface area contributed by atoms with Crippen molar-refractivity contribution >= 4 is 28.8 Å². The summed E-state index contributed by atoms with van der Waals surface area (Å²) in [6.45, 7) is 2.54. The number of anilines is 1. The minimum absolute atomic E-state index is 0.319. The molecule has 1 atom stereocenters. The molecule has 0 aliphatic heterocycles. The molecule has 2 aromatic rings. The van der Waals surface area contributed by atoms with E-state index >= 15 is 0 Å². The van der Waals surface area contributed by atoms with Crippen LogP contribution in [0.25, 0.3) is 0 Å². The fourth-order valence-electron chi connectivity index (χ4n) is 5.49. The Kier molecular flexibility index (Phi) is 22.1. The summed E-state index contributed by atoms with van der Waals surface area (Å²) in [7, 11) is 0. The lowest BCUT2D eigenvalue weighted by atomic mass is 10.0. The maximum atomic E-state index is 11.7. The van der Waals surface area contributed by atoms with Crippen molar-refractivity contribution in [1.82, 2.24) is 0 Å². The van der Waals surface area contributed by atoms with Crippen LogP contribution >= 0.6 is 0 Å². The Labute approximate surface area is 291 Å². The van der Waals surface area contributed by atoms with Crippen molar-refractivity contribution in [2.24, 2.45) is 0 Å². The first-order valence-electron chi connectivity index (χ1n) is 17.9. The van der Waals surface area contributed by atoms with E-state index in [1.165, 1.54) is 94.8 Å². The molecule has 0 aromatic heterocycles. The van der Waals surface area contributed by atoms with E-state index in [-0.39, 0.29) is 0 Å². The highest BCUT2D eigenvalue weighted by molar-refractivity contribution is 7.90. The van der Waals surface area contributed by atoms with Crippen LogP contribution in [-0.2, 0) is 20.8 Å². The summed E-state index contributed by atoms with van der Waals surface area (Å²) in [6.07, 6.45) is 22.9. The van der Waals surface area contributed by atoms with Gasteiger partial charge in [-0.2, -0.15) is 0 Å². The van der Waals surface area contributed by atoms with Gasteiger partial charge in [0.1, 0.15) is 36.6 Å². The molecule has 0 radical (unpaired) electrons. The molecule has 48 heavy (non-hydrogen) atoms. The normalized spacial score (nSPS) is 11.6. The third-order valence-corrected chi connectivity index (χ3v) is 9.03. The first kappa shape index (κ1) is 41.1. The quantitative estimate of drug-likeness (QED) is 0.0610. The van der Waals surface area contributed by atoms with Crippen LogP contribution in [-0.4, -0.2) is 65.9 Å². The van der Waals surface area contributed by atoms with Gasteiger partial charge >= 0.3 is 11.9 Å². The molecule has 0 fully saturated rings. The van der Waals surface area contributed by atoms with Gasteiger partial charge in [-0.25, -0.2) is 0 Å². The lowest BCUT2D eigenvalue weighted by Crippen LogP contribution is -2.34. The van der Waals surface area contributed by atoms with Crippen LogP contribution in [0.5, 0.6) is 17.2 Å². The number of carboxylic acids is 2. The van der Waals surface area contributed by atoms with Crippen LogP contribution in [0, 0.1) is 0 Å². The number of unbranched alkanes of at least 4 members (excludes halogenated alkanes) is 15. The van der Waals surface area contributed by atoms with Gasteiger partial charge in [0.15, 0.2) is 4.90 Å². The van der Waals surface area contributed by atoms with Gasteiger partial charge in [0.2, 0.25) is 0 Å². The predicted octanol–water partition coefficient (Wildman–Crippen LogP) is 8.89. The standard InChI is InChI=1S/C38H59NO8S/c1-3-4-5-6-7-8-9-10-11-12-13-14-15-16-17-18-23-46-34-26-32(39(30-37(40)41)31-38(42)43)27-35(28-34)47-25-20-24-45-33-21-19-22-36(29-33)48(2)44/h19,21-22,26-29H,3-18,20,23-25,30-31H2,1-2H3,(H,40,41)(H,42,43). The minimum atomic E-state index is -1.13. The summed E-state index contributed by atoms with van der Waals surface area (Å²) < 4.78 is 29.5. The Morgan fingerprint density at radius 3 is 1.52 bits per heavy atom. The van der Waals surface area contributed by atoms with E-state index in [9.17, 15) is 24.4 Å². The third kappa shape index (κ3) is 19.6. The van der Waals surface area contributed by atoms with E-state index in [1.54, 1.807) is 42.7 Å².